The lowest BCUT2D eigenvalue weighted by molar-refractivity contribution is -0.121. The summed E-state index contributed by atoms with van der Waals surface area (Å²) in [5.74, 6) is -3.11. The molecule has 2 aromatic heterocycles. The van der Waals surface area contributed by atoms with Crippen LogP contribution in [0.4, 0.5) is 0 Å². The van der Waals surface area contributed by atoms with Gasteiger partial charge in [-0.2, -0.15) is 5.10 Å². The predicted molar refractivity (Wildman–Crippen MR) is 161 cm³/mol. The van der Waals surface area contributed by atoms with Gasteiger partial charge < -0.3 is 29.6 Å². The monoisotopic (exact) mass is 623 g/mol. The summed E-state index contributed by atoms with van der Waals surface area (Å²) in [5, 5.41) is 35.6. The molecular formula is C31H21N5O10. The van der Waals surface area contributed by atoms with E-state index in [-0.39, 0.29) is 41.4 Å². The average molecular weight is 624 g/mol. The van der Waals surface area contributed by atoms with Gasteiger partial charge in [-0.25, -0.2) is 10.4 Å². The molecule has 1 amide bonds. The van der Waals surface area contributed by atoms with Gasteiger partial charge in [-0.1, -0.05) is 6.07 Å². The number of phenols is 1. The van der Waals surface area contributed by atoms with Gasteiger partial charge in [0.1, 0.15) is 29.2 Å². The van der Waals surface area contributed by atoms with E-state index in [9.17, 15) is 44.1 Å². The number of rotatable bonds is 5. The highest BCUT2D eigenvalue weighted by Crippen LogP contribution is 2.54. The molecule has 230 valence electrons. The Balaban J connectivity index is 1.39. The number of phenolic OH excluding ortho intramolecular Hbond substituents is 1. The zero-order valence-electron chi connectivity index (χ0n) is 23.7. The van der Waals surface area contributed by atoms with Crippen LogP contribution in [0.25, 0.3) is 22.3 Å². The number of aromatic nitrogens is 3. The lowest BCUT2D eigenvalue weighted by atomic mass is 9.78. The Kier molecular flexibility index (Phi) is 6.06. The molecule has 1 aromatic carbocycles. The third kappa shape index (κ3) is 3.71. The summed E-state index contributed by atoms with van der Waals surface area (Å²) in [4.78, 5) is 84.6. The number of benzene rings is 1. The highest BCUT2D eigenvalue weighted by atomic mass is 16.5. The molecule has 15 heteroatoms. The molecule has 1 atom stereocenters. The fraction of sp³-hybridized carbons (Fsp3) is 0.161. The lowest BCUT2D eigenvalue weighted by Crippen LogP contribution is -2.51. The molecule has 3 aromatic rings. The number of aromatic hydroxyl groups is 1. The zero-order chi connectivity index (χ0) is 32.7. The largest absolute Gasteiger partial charge is 0.510 e. The molecule has 1 spiro atoms. The number of aromatic amines is 1. The highest BCUT2D eigenvalue weighted by Gasteiger charge is 2.53. The van der Waals surface area contributed by atoms with Crippen LogP contribution in [0.15, 0.2) is 66.0 Å². The minimum absolute atomic E-state index is 0.0348. The maximum atomic E-state index is 13.6. The number of amides is 1. The Hall–Kier alpha value is -6.38. The molecule has 4 aliphatic carbocycles. The van der Waals surface area contributed by atoms with Crippen molar-refractivity contribution in [2.24, 2.45) is 5.10 Å². The third-order valence-electron chi connectivity index (χ3n) is 8.55. The van der Waals surface area contributed by atoms with Gasteiger partial charge in [-0.15, -0.1) is 0 Å². The van der Waals surface area contributed by atoms with Crippen molar-refractivity contribution in [1.82, 2.24) is 20.0 Å². The van der Waals surface area contributed by atoms with Crippen LogP contribution in [0.5, 0.6) is 11.5 Å². The number of hydrazone groups is 1. The average Bonchev–Trinajstić information content (AvgIpc) is 3.72. The van der Waals surface area contributed by atoms with Gasteiger partial charge in [-0.05, 0) is 29.9 Å². The topological polar surface area (TPSA) is 230 Å². The van der Waals surface area contributed by atoms with E-state index < -0.39 is 82.5 Å². The number of pyridine rings is 1. The van der Waals surface area contributed by atoms with E-state index in [0.717, 1.165) is 13.2 Å². The Morgan fingerprint density at radius 1 is 1.04 bits per heavy atom. The standard InChI is InChI=1S/C31H21N5O10/c1-46-16-8-15(37)19-20(24(16)39)26(41)22-21(25(19)40)28(43)31(29(22)44)3-2-12-6-13-7-14(34-30(45)18(13)27(42)23(12)31)9-33-35-17(38)10-36-5-4-32-11-36/h4-9,11,42-44H,2-3,10H2,1H3,(H,34,45)(H,35,38)/b33-9+. The van der Waals surface area contributed by atoms with Crippen molar-refractivity contribution in [3.8, 4) is 11.5 Å². The van der Waals surface area contributed by atoms with Crippen LogP contribution in [0.2, 0.25) is 0 Å². The summed E-state index contributed by atoms with van der Waals surface area (Å²) in [6.07, 6.45) is 5.77. The van der Waals surface area contributed by atoms with Gasteiger partial charge in [0, 0.05) is 24.0 Å². The number of aliphatic hydroxyl groups excluding tert-OH is 2. The molecule has 0 radical (unpaired) electrons. The number of carbonyl (C=O) groups is 1. The van der Waals surface area contributed by atoms with E-state index in [1.54, 1.807) is 12.3 Å². The molecule has 4 aliphatic rings. The quantitative estimate of drug-likeness (QED) is 0.105. The normalized spacial score (nSPS) is 17.0. The second-order valence-corrected chi connectivity index (χ2v) is 11.0. The van der Waals surface area contributed by atoms with E-state index in [0.29, 0.717) is 5.56 Å². The summed E-state index contributed by atoms with van der Waals surface area (Å²) in [6.45, 7) is -0.0348. The van der Waals surface area contributed by atoms with Crippen molar-refractivity contribution >= 4 is 34.4 Å². The molecule has 1 unspecified atom stereocenters. The molecule has 5 N–H and O–H groups in total. The smallest absolute Gasteiger partial charge is 0.260 e. The summed E-state index contributed by atoms with van der Waals surface area (Å²) in [7, 11) is 1.11. The molecule has 7 rings (SSSR count). The summed E-state index contributed by atoms with van der Waals surface area (Å²) in [5.41, 5.74) is -4.29. The number of H-pyrrole nitrogens is 1. The minimum Gasteiger partial charge on any atom is -0.510 e. The number of fused-ring (bicyclic) bond motifs is 4. The molecule has 0 bridgehead atoms. The zero-order valence-corrected chi connectivity index (χ0v) is 23.7. The van der Waals surface area contributed by atoms with Crippen molar-refractivity contribution in [3.63, 3.8) is 0 Å². The highest BCUT2D eigenvalue weighted by molar-refractivity contribution is 5.96. The van der Waals surface area contributed by atoms with Crippen LogP contribution in [-0.4, -0.2) is 49.1 Å². The molecule has 15 nitrogen and oxygen atoms in total. The van der Waals surface area contributed by atoms with E-state index >= 15 is 0 Å². The number of ether oxygens (including phenoxy) is 1. The number of nitrogens with one attached hydrogen (secondary N) is 2. The number of hydrogen-bond acceptors (Lipinski definition) is 12. The second-order valence-electron chi connectivity index (χ2n) is 11.0. The van der Waals surface area contributed by atoms with Gasteiger partial charge in [0.05, 0.1) is 51.6 Å². The number of carbonyl (C=O) groups excluding carboxylic acids is 1. The molecule has 2 heterocycles. The van der Waals surface area contributed by atoms with Gasteiger partial charge in [0.25, 0.3) is 11.5 Å². The van der Waals surface area contributed by atoms with Crippen LogP contribution < -0.4 is 47.9 Å². The van der Waals surface area contributed by atoms with Gasteiger partial charge in [-0.3, -0.25) is 28.8 Å². The van der Waals surface area contributed by atoms with Crippen molar-refractivity contribution in [2.45, 2.75) is 24.8 Å². The van der Waals surface area contributed by atoms with E-state index in [4.69, 9.17) is 4.74 Å². The molecule has 46 heavy (non-hydrogen) atoms. The number of imidazole rings is 1. The molecule has 0 saturated carbocycles. The number of aliphatic hydroxyl groups is 2. The molecule has 0 saturated heterocycles. The SMILES string of the molecule is COc1cc(=O)c2c(=O)c3c(c(=O)c=2c1=O)=C(O)C1(CCc2cc4cc(/C=N/NC(=O)Cn5ccnc5)[nH]c(=O)c4c(O)c21)C=3O. The summed E-state index contributed by atoms with van der Waals surface area (Å²) in [6, 6.07) is 3.81. The third-order valence-corrected chi connectivity index (χ3v) is 8.55. The van der Waals surface area contributed by atoms with Crippen LogP contribution in [0.1, 0.15) is 23.2 Å². The minimum atomic E-state index is -2.01. The first-order chi connectivity index (χ1) is 22.0. The van der Waals surface area contributed by atoms with Gasteiger partial charge in [0.2, 0.25) is 16.3 Å². The Morgan fingerprint density at radius 3 is 2.43 bits per heavy atom. The first-order valence-electron chi connectivity index (χ1n) is 13.8. The fourth-order valence-electron chi connectivity index (χ4n) is 6.59. The van der Waals surface area contributed by atoms with Gasteiger partial charge >= 0.3 is 0 Å². The fourth-order valence-corrected chi connectivity index (χ4v) is 6.59. The number of methoxy groups -OCH3 is 1. The Bertz CT molecular complexity index is 2690. The van der Waals surface area contributed by atoms with Crippen molar-refractivity contribution in [2.75, 3.05) is 7.11 Å². The lowest BCUT2D eigenvalue weighted by Gasteiger charge is -2.27. The maximum Gasteiger partial charge on any atom is 0.260 e. The van der Waals surface area contributed by atoms with E-state index in [1.165, 1.54) is 29.4 Å². The first-order valence-corrected chi connectivity index (χ1v) is 13.8. The van der Waals surface area contributed by atoms with Crippen LogP contribution in [0, 0.1) is 10.4 Å². The molecule has 0 aliphatic heterocycles. The summed E-state index contributed by atoms with van der Waals surface area (Å²) >= 11 is 0. The number of nitrogens with zero attached hydrogens (tertiary/aromatic N) is 3. The molecular weight excluding hydrogens is 602 g/mol. The van der Waals surface area contributed by atoms with Crippen LogP contribution >= 0.6 is 0 Å². The van der Waals surface area contributed by atoms with Crippen LogP contribution in [0.3, 0.4) is 0 Å². The van der Waals surface area contributed by atoms with Gasteiger partial charge in [0.15, 0.2) is 11.2 Å². The van der Waals surface area contributed by atoms with Crippen molar-refractivity contribution in [1.29, 1.82) is 0 Å². The van der Waals surface area contributed by atoms with Crippen molar-refractivity contribution < 1.29 is 24.9 Å². The maximum absolute atomic E-state index is 13.6. The van der Waals surface area contributed by atoms with Crippen LogP contribution in [-0.2, 0) is 23.2 Å². The molecule has 0 fully saturated rings. The predicted octanol–water partition coefficient (Wildman–Crippen LogP) is -2.14. The summed E-state index contributed by atoms with van der Waals surface area (Å²) < 4.78 is 6.42. The Labute approximate surface area is 253 Å². The second kappa shape index (κ2) is 9.82. The number of aryl methyl sites for hydroxylation is 1. The number of hydrogen-bond donors (Lipinski definition) is 5. The Morgan fingerprint density at radius 2 is 1.76 bits per heavy atom. The first kappa shape index (κ1) is 28.4. The van der Waals surface area contributed by atoms with E-state index in [2.05, 4.69) is 20.5 Å². The van der Waals surface area contributed by atoms with E-state index in [1.807, 2.05) is 0 Å². The van der Waals surface area contributed by atoms with Crippen molar-refractivity contribution in [3.05, 3.63) is 126 Å².